The zero-order valence-electron chi connectivity index (χ0n) is 11.6. The SMILES string of the molecule is CC(=O)c1ccc(N2CC(C)CNC(C)C2=O)cc1. The maximum Gasteiger partial charge on any atom is 0.243 e. The van der Waals surface area contributed by atoms with Crippen LogP contribution in [0.25, 0.3) is 0 Å². The number of nitrogens with one attached hydrogen (secondary N) is 1. The lowest BCUT2D eigenvalue weighted by Gasteiger charge is -2.24. The lowest BCUT2D eigenvalue weighted by Crippen LogP contribution is -2.41. The molecule has 0 aliphatic carbocycles. The number of rotatable bonds is 2. The Morgan fingerprint density at radius 3 is 2.47 bits per heavy atom. The summed E-state index contributed by atoms with van der Waals surface area (Å²) in [6, 6.07) is 7.08. The Labute approximate surface area is 113 Å². The third kappa shape index (κ3) is 3.01. The number of nitrogens with zero attached hydrogens (tertiary/aromatic N) is 1. The summed E-state index contributed by atoms with van der Waals surface area (Å²) < 4.78 is 0. The third-order valence-corrected chi connectivity index (χ3v) is 3.49. The molecule has 1 heterocycles. The molecule has 1 fully saturated rings. The molecule has 1 aliphatic heterocycles. The van der Waals surface area contributed by atoms with Gasteiger partial charge in [0.2, 0.25) is 5.91 Å². The Kier molecular flexibility index (Phi) is 4.00. The molecule has 2 unspecified atom stereocenters. The first-order valence-corrected chi connectivity index (χ1v) is 6.65. The van der Waals surface area contributed by atoms with E-state index in [4.69, 9.17) is 0 Å². The molecule has 0 bridgehead atoms. The number of hydrogen-bond donors (Lipinski definition) is 1. The highest BCUT2D eigenvalue weighted by atomic mass is 16.2. The molecule has 0 aromatic heterocycles. The van der Waals surface area contributed by atoms with E-state index in [-0.39, 0.29) is 17.7 Å². The van der Waals surface area contributed by atoms with Crippen LogP contribution in [0.3, 0.4) is 0 Å². The summed E-state index contributed by atoms with van der Waals surface area (Å²) in [6.07, 6.45) is 0. The normalized spacial score (nSPS) is 24.2. The van der Waals surface area contributed by atoms with Crippen molar-refractivity contribution in [3.05, 3.63) is 29.8 Å². The van der Waals surface area contributed by atoms with Crippen molar-refractivity contribution in [1.29, 1.82) is 0 Å². The van der Waals surface area contributed by atoms with E-state index < -0.39 is 0 Å². The van der Waals surface area contributed by atoms with E-state index >= 15 is 0 Å². The molecule has 102 valence electrons. The van der Waals surface area contributed by atoms with E-state index in [1.54, 1.807) is 24.0 Å². The van der Waals surface area contributed by atoms with Crippen molar-refractivity contribution in [3.8, 4) is 0 Å². The van der Waals surface area contributed by atoms with Gasteiger partial charge in [0.25, 0.3) is 0 Å². The van der Waals surface area contributed by atoms with Gasteiger partial charge in [-0.05, 0) is 44.0 Å². The average molecular weight is 260 g/mol. The van der Waals surface area contributed by atoms with Crippen LogP contribution in [0.5, 0.6) is 0 Å². The second kappa shape index (κ2) is 5.53. The van der Waals surface area contributed by atoms with Gasteiger partial charge < -0.3 is 10.2 Å². The van der Waals surface area contributed by atoms with Gasteiger partial charge in [0.1, 0.15) is 0 Å². The minimum atomic E-state index is -0.169. The summed E-state index contributed by atoms with van der Waals surface area (Å²) in [6.45, 7) is 7.09. The van der Waals surface area contributed by atoms with Crippen LogP contribution >= 0.6 is 0 Å². The maximum absolute atomic E-state index is 12.3. The first-order valence-electron chi connectivity index (χ1n) is 6.65. The van der Waals surface area contributed by atoms with E-state index in [1.807, 2.05) is 19.1 Å². The summed E-state index contributed by atoms with van der Waals surface area (Å²) in [7, 11) is 0. The summed E-state index contributed by atoms with van der Waals surface area (Å²) in [5, 5.41) is 3.23. The second-order valence-corrected chi connectivity index (χ2v) is 5.29. The summed E-state index contributed by atoms with van der Waals surface area (Å²) >= 11 is 0. The van der Waals surface area contributed by atoms with E-state index in [0.717, 1.165) is 12.2 Å². The van der Waals surface area contributed by atoms with Crippen LogP contribution in [0, 0.1) is 5.92 Å². The van der Waals surface area contributed by atoms with Gasteiger partial charge in [-0.2, -0.15) is 0 Å². The minimum Gasteiger partial charge on any atom is -0.311 e. The average Bonchev–Trinajstić information content (AvgIpc) is 2.52. The fraction of sp³-hybridized carbons (Fsp3) is 0.467. The fourth-order valence-electron chi connectivity index (χ4n) is 2.27. The third-order valence-electron chi connectivity index (χ3n) is 3.49. The number of carbonyl (C=O) groups is 2. The molecule has 1 amide bonds. The molecule has 0 saturated carbocycles. The van der Waals surface area contributed by atoms with Crippen molar-refractivity contribution in [1.82, 2.24) is 5.32 Å². The molecule has 2 rings (SSSR count). The van der Waals surface area contributed by atoms with Crippen molar-refractivity contribution in [2.45, 2.75) is 26.8 Å². The van der Waals surface area contributed by atoms with Gasteiger partial charge in [-0.15, -0.1) is 0 Å². The molecule has 1 aromatic rings. The van der Waals surface area contributed by atoms with Gasteiger partial charge in [0.15, 0.2) is 5.78 Å². The Bertz CT molecular complexity index is 481. The highest BCUT2D eigenvalue weighted by Crippen LogP contribution is 2.20. The molecule has 4 heteroatoms. The standard InChI is InChI=1S/C15H20N2O2/c1-10-8-16-11(2)15(19)17(9-10)14-6-4-13(5-7-14)12(3)18/h4-7,10-11,16H,8-9H2,1-3H3. The van der Waals surface area contributed by atoms with Crippen LogP contribution in [0.1, 0.15) is 31.1 Å². The number of benzene rings is 1. The molecule has 19 heavy (non-hydrogen) atoms. The Morgan fingerprint density at radius 1 is 1.26 bits per heavy atom. The highest BCUT2D eigenvalue weighted by Gasteiger charge is 2.27. The number of amides is 1. The van der Waals surface area contributed by atoms with Crippen molar-refractivity contribution in [2.24, 2.45) is 5.92 Å². The molecule has 1 aromatic carbocycles. The molecule has 0 spiro atoms. The highest BCUT2D eigenvalue weighted by molar-refractivity contribution is 5.98. The Morgan fingerprint density at radius 2 is 1.89 bits per heavy atom. The zero-order chi connectivity index (χ0) is 14.0. The lowest BCUT2D eigenvalue weighted by atomic mass is 10.1. The predicted molar refractivity (Wildman–Crippen MR) is 75.4 cm³/mol. The number of ketones is 1. The second-order valence-electron chi connectivity index (χ2n) is 5.29. The topological polar surface area (TPSA) is 49.4 Å². The number of Topliss-reactive ketones (excluding diaryl/α,β-unsaturated/α-hetero) is 1. The van der Waals surface area contributed by atoms with Crippen LogP contribution in [0.15, 0.2) is 24.3 Å². The molecule has 1 N–H and O–H groups in total. The van der Waals surface area contributed by atoms with Gasteiger partial charge in [0.05, 0.1) is 6.04 Å². The Balaban J connectivity index is 2.27. The molecule has 2 atom stereocenters. The molecule has 4 nitrogen and oxygen atoms in total. The maximum atomic E-state index is 12.3. The quantitative estimate of drug-likeness (QED) is 0.826. The van der Waals surface area contributed by atoms with Gasteiger partial charge in [-0.1, -0.05) is 6.92 Å². The van der Waals surface area contributed by atoms with Crippen LogP contribution in [0.2, 0.25) is 0 Å². The largest absolute Gasteiger partial charge is 0.311 e. The summed E-state index contributed by atoms with van der Waals surface area (Å²) in [5.41, 5.74) is 1.53. The van der Waals surface area contributed by atoms with Gasteiger partial charge >= 0.3 is 0 Å². The van der Waals surface area contributed by atoms with E-state index in [1.165, 1.54) is 0 Å². The van der Waals surface area contributed by atoms with Crippen LogP contribution < -0.4 is 10.2 Å². The summed E-state index contributed by atoms with van der Waals surface area (Å²) in [4.78, 5) is 25.4. The minimum absolute atomic E-state index is 0.0390. The van der Waals surface area contributed by atoms with Crippen molar-refractivity contribution < 1.29 is 9.59 Å². The monoisotopic (exact) mass is 260 g/mol. The number of anilines is 1. The first kappa shape index (κ1) is 13.7. The Hall–Kier alpha value is -1.68. The first-order chi connectivity index (χ1) is 8.99. The van der Waals surface area contributed by atoms with E-state index in [9.17, 15) is 9.59 Å². The smallest absolute Gasteiger partial charge is 0.243 e. The fourth-order valence-corrected chi connectivity index (χ4v) is 2.27. The zero-order valence-corrected chi connectivity index (χ0v) is 11.6. The number of hydrogen-bond acceptors (Lipinski definition) is 3. The van der Waals surface area contributed by atoms with E-state index in [0.29, 0.717) is 18.0 Å². The molecule has 1 aliphatic rings. The van der Waals surface area contributed by atoms with Crippen molar-refractivity contribution in [3.63, 3.8) is 0 Å². The number of carbonyl (C=O) groups excluding carboxylic acids is 2. The van der Waals surface area contributed by atoms with E-state index in [2.05, 4.69) is 12.2 Å². The lowest BCUT2D eigenvalue weighted by molar-refractivity contribution is -0.119. The van der Waals surface area contributed by atoms with Crippen LogP contribution in [0.4, 0.5) is 5.69 Å². The van der Waals surface area contributed by atoms with Crippen molar-refractivity contribution in [2.75, 3.05) is 18.0 Å². The predicted octanol–water partition coefficient (Wildman–Crippen LogP) is 1.85. The molecular formula is C15H20N2O2. The molecule has 1 saturated heterocycles. The van der Waals surface area contributed by atoms with Gasteiger partial charge in [0, 0.05) is 24.3 Å². The molecule has 0 radical (unpaired) electrons. The molecular weight excluding hydrogens is 240 g/mol. The van der Waals surface area contributed by atoms with Crippen LogP contribution in [-0.2, 0) is 4.79 Å². The summed E-state index contributed by atoms with van der Waals surface area (Å²) in [5.74, 6) is 0.526. The van der Waals surface area contributed by atoms with Gasteiger partial charge in [-0.25, -0.2) is 0 Å². The van der Waals surface area contributed by atoms with Crippen molar-refractivity contribution >= 4 is 17.4 Å². The van der Waals surface area contributed by atoms with Gasteiger partial charge in [-0.3, -0.25) is 9.59 Å². The van der Waals surface area contributed by atoms with Crippen LogP contribution in [-0.4, -0.2) is 30.8 Å².